The first kappa shape index (κ1) is 15.6. The first-order chi connectivity index (χ1) is 8.58. The Labute approximate surface area is 111 Å². The minimum atomic E-state index is -4.42. The topological polar surface area (TPSA) is 35.2 Å². The standard InChI is InChI=1S/C14H18F3NO/c1-13(2,3)19-11-6-4-5-10(9-11)7-8-12(18)14(15,16)17/h4-9,12H,18H2,1-3H3/t12-/m0/s1. The zero-order valence-electron chi connectivity index (χ0n) is 11.2. The molecule has 0 radical (unpaired) electrons. The van der Waals surface area contributed by atoms with E-state index in [1.54, 1.807) is 24.3 Å². The second-order valence-electron chi connectivity index (χ2n) is 5.21. The summed E-state index contributed by atoms with van der Waals surface area (Å²) in [5.74, 6) is 0.607. The molecular weight excluding hydrogens is 255 g/mol. The van der Waals surface area contributed by atoms with Crippen LogP contribution >= 0.6 is 0 Å². The molecule has 0 spiro atoms. The van der Waals surface area contributed by atoms with Crippen molar-refractivity contribution in [1.82, 2.24) is 0 Å². The predicted molar refractivity (Wildman–Crippen MR) is 69.9 cm³/mol. The van der Waals surface area contributed by atoms with Crippen molar-refractivity contribution < 1.29 is 17.9 Å². The van der Waals surface area contributed by atoms with Crippen LogP contribution in [0.3, 0.4) is 0 Å². The number of nitrogens with two attached hydrogens (primary N) is 1. The Hall–Kier alpha value is -1.49. The van der Waals surface area contributed by atoms with Gasteiger partial charge in [0.05, 0.1) is 0 Å². The van der Waals surface area contributed by atoms with Gasteiger partial charge in [0.15, 0.2) is 0 Å². The molecule has 106 valence electrons. The second-order valence-corrected chi connectivity index (χ2v) is 5.21. The lowest BCUT2D eigenvalue weighted by atomic mass is 10.1. The van der Waals surface area contributed by atoms with Crippen LogP contribution in [-0.4, -0.2) is 17.8 Å². The fourth-order valence-corrected chi connectivity index (χ4v) is 1.36. The normalized spacial score (nSPS) is 14.7. The molecule has 0 unspecified atom stereocenters. The molecule has 1 aromatic rings. The Bertz CT molecular complexity index is 447. The molecule has 0 amide bonds. The Morgan fingerprint density at radius 3 is 2.37 bits per heavy atom. The van der Waals surface area contributed by atoms with Gasteiger partial charge in [-0.05, 0) is 38.5 Å². The summed E-state index contributed by atoms with van der Waals surface area (Å²) in [6.07, 6.45) is -2.15. The van der Waals surface area contributed by atoms with Crippen molar-refractivity contribution in [1.29, 1.82) is 0 Å². The first-order valence-corrected chi connectivity index (χ1v) is 5.87. The fourth-order valence-electron chi connectivity index (χ4n) is 1.36. The number of benzene rings is 1. The maximum atomic E-state index is 12.3. The van der Waals surface area contributed by atoms with Crippen LogP contribution < -0.4 is 10.5 Å². The van der Waals surface area contributed by atoms with E-state index in [1.165, 1.54) is 6.08 Å². The van der Waals surface area contributed by atoms with Crippen molar-refractivity contribution in [3.63, 3.8) is 0 Å². The van der Waals surface area contributed by atoms with Crippen LogP contribution in [0.1, 0.15) is 26.3 Å². The molecule has 1 rings (SSSR count). The molecule has 0 aliphatic carbocycles. The molecular formula is C14H18F3NO. The molecule has 19 heavy (non-hydrogen) atoms. The number of hydrogen-bond acceptors (Lipinski definition) is 2. The van der Waals surface area contributed by atoms with Gasteiger partial charge in [0.2, 0.25) is 0 Å². The average Bonchev–Trinajstić information content (AvgIpc) is 2.22. The summed E-state index contributed by atoms with van der Waals surface area (Å²) in [6, 6.07) is 4.88. The molecule has 0 heterocycles. The van der Waals surface area contributed by atoms with Crippen molar-refractivity contribution in [2.75, 3.05) is 0 Å². The molecule has 0 aliphatic rings. The lowest BCUT2D eigenvalue weighted by Crippen LogP contribution is -2.35. The lowest BCUT2D eigenvalue weighted by Gasteiger charge is -2.21. The van der Waals surface area contributed by atoms with E-state index in [4.69, 9.17) is 10.5 Å². The highest BCUT2D eigenvalue weighted by Crippen LogP contribution is 2.22. The minimum absolute atomic E-state index is 0.356. The highest BCUT2D eigenvalue weighted by atomic mass is 19.4. The van der Waals surface area contributed by atoms with Gasteiger partial charge in [-0.15, -0.1) is 0 Å². The number of alkyl halides is 3. The van der Waals surface area contributed by atoms with E-state index < -0.39 is 12.2 Å². The Balaban J connectivity index is 2.80. The van der Waals surface area contributed by atoms with Gasteiger partial charge in [0.25, 0.3) is 0 Å². The summed E-state index contributed by atoms with van der Waals surface area (Å²) in [5.41, 5.74) is 5.25. The quantitative estimate of drug-likeness (QED) is 0.910. The van der Waals surface area contributed by atoms with Gasteiger partial charge >= 0.3 is 6.18 Å². The van der Waals surface area contributed by atoms with Crippen molar-refractivity contribution >= 4 is 6.08 Å². The van der Waals surface area contributed by atoms with Crippen LogP contribution in [0.4, 0.5) is 13.2 Å². The van der Waals surface area contributed by atoms with E-state index in [-0.39, 0.29) is 5.60 Å². The molecule has 0 bridgehead atoms. The van der Waals surface area contributed by atoms with Gasteiger partial charge in [-0.3, -0.25) is 0 Å². The SMILES string of the molecule is CC(C)(C)Oc1cccc(C=C[C@H](N)C(F)(F)F)c1. The third kappa shape index (κ3) is 5.79. The second kappa shape index (κ2) is 5.65. The third-order valence-corrected chi connectivity index (χ3v) is 2.16. The molecule has 0 fully saturated rings. The van der Waals surface area contributed by atoms with E-state index in [2.05, 4.69) is 0 Å². The summed E-state index contributed by atoms with van der Waals surface area (Å²) in [6.45, 7) is 5.69. The number of halogens is 3. The molecule has 1 aromatic carbocycles. The van der Waals surface area contributed by atoms with Crippen molar-refractivity contribution in [2.45, 2.75) is 38.6 Å². The molecule has 0 aromatic heterocycles. The highest BCUT2D eigenvalue weighted by Gasteiger charge is 2.34. The number of hydrogen-bond donors (Lipinski definition) is 1. The van der Waals surface area contributed by atoms with E-state index in [9.17, 15) is 13.2 Å². The fraction of sp³-hybridized carbons (Fsp3) is 0.429. The van der Waals surface area contributed by atoms with E-state index >= 15 is 0 Å². The predicted octanol–water partition coefficient (Wildman–Crippen LogP) is 3.77. The van der Waals surface area contributed by atoms with Crippen molar-refractivity contribution in [2.24, 2.45) is 5.73 Å². The highest BCUT2D eigenvalue weighted by molar-refractivity contribution is 5.52. The molecule has 0 saturated heterocycles. The zero-order chi connectivity index (χ0) is 14.7. The van der Waals surface area contributed by atoms with E-state index in [0.717, 1.165) is 6.08 Å². The molecule has 0 saturated carbocycles. The molecule has 1 atom stereocenters. The Morgan fingerprint density at radius 2 is 1.84 bits per heavy atom. The smallest absolute Gasteiger partial charge is 0.407 e. The molecule has 0 aliphatic heterocycles. The molecule has 2 nitrogen and oxygen atoms in total. The number of ether oxygens (including phenoxy) is 1. The van der Waals surface area contributed by atoms with Crippen LogP contribution in [0.25, 0.3) is 6.08 Å². The van der Waals surface area contributed by atoms with E-state index in [1.807, 2.05) is 20.8 Å². The van der Waals surface area contributed by atoms with Crippen LogP contribution in [0.15, 0.2) is 30.3 Å². The Kier molecular flexibility index (Phi) is 4.63. The third-order valence-electron chi connectivity index (χ3n) is 2.16. The summed E-state index contributed by atoms with van der Waals surface area (Å²) >= 11 is 0. The van der Waals surface area contributed by atoms with Crippen LogP contribution in [-0.2, 0) is 0 Å². The van der Waals surface area contributed by atoms with E-state index in [0.29, 0.717) is 11.3 Å². The zero-order valence-corrected chi connectivity index (χ0v) is 11.2. The summed E-state index contributed by atoms with van der Waals surface area (Å²) in [7, 11) is 0. The van der Waals surface area contributed by atoms with Gasteiger partial charge < -0.3 is 10.5 Å². The lowest BCUT2D eigenvalue weighted by molar-refractivity contribution is -0.136. The largest absolute Gasteiger partial charge is 0.488 e. The minimum Gasteiger partial charge on any atom is -0.488 e. The van der Waals surface area contributed by atoms with Crippen LogP contribution in [0.2, 0.25) is 0 Å². The maximum absolute atomic E-state index is 12.3. The summed E-state index contributed by atoms with van der Waals surface area (Å²) < 4.78 is 42.4. The van der Waals surface area contributed by atoms with Gasteiger partial charge in [0.1, 0.15) is 17.4 Å². The summed E-state index contributed by atoms with van der Waals surface area (Å²) in [4.78, 5) is 0. The first-order valence-electron chi connectivity index (χ1n) is 5.87. The maximum Gasteiger partial charge on any atom is 0.407 e. The van der Waals surface area contributed by atoms with Crippen LogP contribution in [0.5, 0.6) is 5.75 Å². The Morgan fingerprint density at radius 1 is 1.21 bits per heavy atom. The van der Waals surface area contributed by atoms with Crippen LogP contribution in [0, 0.1) is 0 Å². The molecule has 5 heteroatoms. The monoisotopic (exact) mass is 273 g/mol. The average molecular weight is 273 g/mol. The van der Waals surface area contributed by atoms with Gasteiger partial charge in [-0.2, -0.15) is 13.2 Å². The van der Waals surface area contributed by atoms with Gasteiger partial charge in [-0.1, -0.05) is 24.3 Å². The summed E-state index contributed by atoms with van der Waals surface area (Å²) in [5, 5.41) is 0. The van der Waals surface area contributed by atoms with Gasteiger partial charge in [-0.25, -0.2) is 0 Å². The van der Waals surface area contributed by atoms with Gasteiger partial charge in [0, 0.05) is 0 Å². The van der Waals surface area contributed by atoms with Crippen molar-refractivity contribution in [3.05, 3.63) is 35.9 Å². The van der Waals surface area contributed by atoms with Crippen molar-refractivity contribution in [3.8, 4) is 5.75 Å². The molecule has 2 N–H and O–H groups in total. The number of rotatable bonds is 3.